The van der Waals surface area contributed by atoms with Gasteiger partial charge in [-0.25, -0.2) is 4.79 Å². The zero-order valence-electron chi connectivity index (χ0n) is 16.9. The van der Waals surface area contributed by atoms with Crippen LogP contribution in [-0.2, 0) is 9.53 Å². The van der Waals surface area contributed by atoms with Crippen molar-refractivity contribution in [1.29, 1.82) is 0 Å². The smallest absolute Gasteiger partial charge is 0.338 e. The summed E-state index contributed by atoms with van der Waals surface area (Å²) in [6.07, 6.45) is 0. The SMILES string of the molecule is Cc1ccc(C(=O)OCC(=O)Nc2ccccc2C(=O)NCC(C)C)cc1[N+](=O)[O-]. The van der Waals surface area contributed by atoms with E-state index in [-0.39, 0.29) is 34.3 Å². The Morgan fingerprint density at radius 1 is 1.13 bits per heavy atom. The summed E-state index contributed by atoms with van der Waals surface area (Å²) in [6, 6.07) is 10.4. The molecule has 0 bridgehead atoms. The van der Waals surface area contributed by atoms with Gasteiger partial charge in [-0.1, -0.05) is 32.0 Å². The Morgan fingerprint density at radius 2 is 1.83 bits per heavy atom. The Labute approximate surface area is 173 Å². The lowest BCUT2D eigenvalue weighted by Gasteiger charge is -2.12. The number of rotatable bonds is 8. The maximum Gasteiger partial charge on any atom is 0.338 e. The molecule has 0 saturated heterocycles. The normalized spacial score (nSPS) is 10.4. The third-order valence-corrected chi connectivity index (χ3v) is 4.09. The molecule has 158 valence electrons. The molecule has 0 saturated carbocycles. The highest BCUT2D eigenvalue weighted by atomic mass is 16.6. The van der Waals surface area contributed by atoms with E-state index in [0.717, 1.165) is 6.07 Å². The van der Waals surface area contributed by atoms with Crippen molar-refractivity contribution in [3.05, 3.63) is 69.3 Å². The summed E-state index contributed by atoms with van der Waals surface area (Å²) in [4.78, 5) is 47.0. The molecule has 0 heterocycles. The zero-order valence-corrected chi connectivity index (χ0v) is 16.9. The maximum atomic E-state index is 12.3. The molecule has 0 aliphatic carbocycles. The van der Waals surface area contributed by atoms with Gasteiger partial charge in [0.1, 0.15) is 0 Å². The highest BCUT2D eigenvalue weighted by Gasteiger charge is 2.18. The number of nitro groups is 1. The van der Waals surface area contributed by atoms with Gasteiger partial charge in [0.05, 0.1) is 21.7 Å². The van der Waals surface area contributed by atoms with Crippen molar-refractivity contribution in [2.45, 2.75) is 20.8 Å². The first-order valence-electron chi connectivity index (χ1n) is 9.28. The van der Waals surface area contributed by atoms with E-state index >= 15 is 0 Å². The van der Waals surface area contributed by atoms with Gasteiger partial charge in [0.25, 0.3) is 17.5 Å². The van der Waals surface area contributed by atoms with Crippen LogP contribution in [0.15, 0.2) is 42.5 Å². The third kappa shape index (κ3) is 6.13. The molecule has 2 amide bonds. The highest BCUT2D eigenvalue weighted by Crippen LogP contribution is 2.20. The number of nitrogens with zero attached hydrogens (tertiary/aromatic N) is 1. The molecule has 0 fully saturated rings. The fourth-order valence-electron chi connectivity index (χ4n) is 2.52. The first kappa shape index (κ1) is 22.5. The van der Waals surface area contributed by atoms with Gasteiger partial charge in [0.2, 0.25) is 0 Å². The predicted octanol–water partition coefficient (Wildman–Crippen LogP) is 3.08. The second-order valence-corrected chi connectivity index (χ2v) is 7.03. The van der Waals surface area contributed by atoms with Crippen LogP contribution in [0.4, 0.5) is 11.4 Å². The lowest BCUT2D eigenvalue weighted by atomic mass is 10.1. The van der Waals surface area contributed by atoms with Crippen LogP contribution in [0.5, 0.6) is 0 Å². The summed E-state index contributed by atoms with van der Waals surface area (Å²) >= 11 is 0. The van der Waals surface area contributed by atoms with E-state index < -0.39 is 23.4 Å². The van der Waals surface area contributed by atoms with Crippen LogP contribution in [0.3, 0.4) is 0 Å². The van der Waals surface area contributed by atoms with Crippen molar-refractivity contribution in [1.82, 2.24) is 5.32 Å². The first-order valence-corrected chi connectivity index (χ1v) is 9.28. The molecule has 0 unspecified atom stereocenters. The van der Waals surface area contributed by atoms with Crippen LogP contribution < -0.4 is 10.6 Å². The molecular formula is C21H23N3O6. The largest absolute Gasteiger partial charge is 0.452 e. The van der Waals surface area contributed by atoms with Crippen molar-refractivity contribution in [3.63, 3.8) is 0 Å². The molecule has 9 nitrogen and oxygen atoms in total. The molecule has 0 aromatic heterocycles. The van der Waals surface area contributed by atoms with Gasteiger partial charge >= 0.3 is 5.97 Å². The summed E-state index contributed by atoms with van der Waals surface area (Å²) < 4.78 is 4.94. The third-order valence-electron chi connectivity index (χ3n) is 4.09. The topological polar surface area (TPSA) is 128 Å². The first-order chi connectivity index (χ1) is 14.2. The minimum Gasteiger partial charge on any atom is -0.452 e. The molecule has 2 aromatic rings. The Balaban J connectivity index is 2.00. The van der Waals surface area contributed by atoms with E-state index in [4.69, 9.17) is 4.74 Å². The fourth-order valence-corrected chi connectivity index (χ4v) is 2.52. The average Bonchev–Trinajstić information content (AvgIpc) is 2.70. The van der Waals surface area contributed by atoms with Gasteiger partial charge in [-0.05, 0) is 31.0 Å². The average molecular weight is 413 g/mol. The standard InChI is InChI=1S/C21H23N3O6/c1-13(2)11-22-20(26)16-6-4-5-7-17(16)23-19(25)12-30-21(27)15-9-8-14(3)18(10-15)24(28)29/h4-10,13H,11-12H2,1-3H3,(H,22,26)(H,23,25). The number of carbonyl (C=O) groups is 3. The second kappa shape index (κ2) is 10.1. The number of nitro benzene ring substituents is 1. The molecule has 0 radical (unpaired) electrons. The van der Waals surface area contributed by atoms with E-state index in [2.05, 4.69) is 10.6 Å². The van der Waals surface area contributed by atoms with Crippen LogP contribution in [0.25, 0.3) is 0 Å². The molecule has 0 aliphatic heterocycles. The van der Waals surface area contributed by atoms with Crippen molar-refractivity contribution in [2.24, 2.45) is 5.92 Å². The Kier molecular flexibility index (Phi) is 7.62. The van der Waals surface area contributed by atoms with Gasteiger partial charge in [0.15, 0.2) is 6.61 Å². The molecule has 30 heavy (non-hydrogen) atoms. The number of nitrogens with one attached hydrogen (secondary N) is 2. The minimum absolute atomic E-state index is 0.0337. The van der Waals surface area contributed by atoms with Gasteiger partial charge in [0, 0.05) is 18.2 Å². The number of ether oxygens (including phenoxy) is 1. The van der Waals surface area contributed by atoms with Gasteiger partial charge in [-0.2, -0.15) is 0 Å². The van der Waals surface area contributed by atoms with Crippen LogP contribution in [-0.4, -0.2) is 35.9 Å². The maximum absolute atomic E-state index is 12.3. The minimum atomic E-state index is -0.865. The van der Waals surface area contributed by atoms with E-state index in [1.165, 1.54) is 12.1 Å². The number of benzene rings is 2. The molecule has 2 N–H and O–H groups in total. The molecule has 0 spiro atoms. The number of hydrogen-bond donors (Lipinski definition) is 2. The molecule has 0 aliphatic rings. The summed E-state index contributed by atoms with van der Waals surface area (Å²) in [5.41, 5.74) is 0.725. The molecular weight excluding hydrogens is 390 g/mol. The van der Waals surface area contributed by atoms with Crippen molar-refractivity contribution >= 4 is 29.2 Å². The molecule has 2 aromatic carbocycles. The summed E-state index contributed by atoms with van der Waals surface area (Å²) in [6.45, 7) is 5.36. The fraction of sp³-hybridized carbons (Fsp3) is 0.286. The highest BCUT2D eigenvalue weighted by molar-refractivity contribution is 6.04. The lowest BCUT2D eigenvalue weighted by molar-refractivity contribution is -0.385. The summed E-state index contributed by atoms with van der Waals surface area (Å²) in [7, 11) is 0. The number of aryl methyl sites for hydroxylation is 1. The number of anilines is 1. The number of amides is 2. The van der Waals surface area contributed by atoms with E-state index in [1.807, 2.05) is 13.8 Å². The van der Waals surface area contributed by atoms with Gasteiger partial charge in [-0.15, -0.1) is 0 Å². The number of carbonyl (C=O) groups excluding carboxylic acids is 3. The Morgan fingerprint density at radius 3 is 2.50 bits per heavy atom. The van der Waals surface area contributed by atoms with E-state index in [1.54, 1.807) is 31.2 Å². The van der Waals surface area contributed by atoms with Crippen LogP contribution in [0.2, 0.25) is 0 Å². The van der Waals surface area contributed by atoms with Crippen LogP contribution >= 0.6 is 0 Å². The Hall–Kier alpha value is -3.75. The second-order valence-electron chi connectivity index (χ2n) is 7.03. The lowest BCUT2D eigenvalue weighted by Crippen LogP contribution is -2.29. The summed E-state index contributed by atoms with van der Waals surface area (Å²) in [5.74, 6) is -1.57. The Bertz CT molecular complexity index is 971. The van der Waals surface area contributed by atoms with Gasteiger partial charge in [-0.3, -0.25) is 19.7 Å². The summed E-state index contributed by atoms with van der Waals surface area (Å²) in [5, 5.41) is 16.3. The zero-order chi connectivity index (χ0) is 22.3. The van der Waals surface area contributed by atoms with Gasteiger partial charge < -0.3 is 15.4 Å². The van der Waals surface area contributed by atoms with Crippen molar-refractivity contribution < 1.29 is 24.0 Å². The monoisotopic (exact) mass is 413 g/mol. The predicted molar refractivity (Wildman–Crippen MR) is 110 cm³/mol. The van der Waals surface area contributed by atoms with Crippen LogP contribution in [0.1, 0.15) is 40.1 Å². The molecule has 0 atom stereocenters. The molecule has 9 heteroatoms. The molecule has 2 rings (SSSR count). The van der Waals surface area contributed by atoms with E-state index in [9.17, 15) is 24.5 Å². The van der Waals surface area contributed by atoms with Crippen molar-refractivity contribution in [2.75, 3.05) is 18.5 Å². The van der Waals surface area contributed by atoms with Crippen LogP contribution in [0, 0.1) is 23.0 Å². The number of hydrogen-bond acceptors (Lipinski definition) is 6. The number of esters is 1. The van der Waals surface area contributed by atoms with Crippen molar-refractivity contribution in [3.8, 4) is 0 Å². The quantitative estimate of drug-likeness (QED) is 0.389. The van der Waals surface area contributed by atoms with E-state index in [0.29, 0.717) is 12.1 Å². The number of para-hydroxylation sites is 1.